The minimum atomic E-state index is 0.832. The van der Waals surface area contributed by atoms with Gasteiger partial charge in [-0.05, 0) is 60.0 Å². The van der Waals surface area contributed by atoms with Gasteiger partial charge in [-0.15, -0.1) is 11.3 Å². The standard InChI is InChI=1S/C44H26N4S/c1-2-13-27(14-3-1)47-35-22-8-4-15-28(35)30-17-11-23-36-40(30)41-37(47)24-12-25-38(41)48(36)44-42(45-33-20-6-7-21-34(33)46-44)32-19-10-18-31-29-16-5-9-26-39(29)49-43(31)32/h1-26H. The number of rotatable bonds is 3. The Bertz CT molecular complexity index is 3110. The minimum Gasteiger partial charge on any atom is -0.309 e. The van der Waals surface area contributed by atoms with Crippen LogP contribution in [0.2, 0.25) is 0 Å². The first-order chi connectivity index (χ1) is 24.3. The van der Waals surface area contributed by atoms with Crippen LogP contribution >= 0.6 is 11.3 Å². The number of hydrogen-bond donors (Lipinski definition) is 0. The predicted molar refractivity (Wildman–Crippen MR) is 207 cm³/mol. The van der Waals surface area contributed by atoms with Crippen LogP contribution in [0.15, 0.2) is 158 Å². The van der Waals surface area contributed by atoms with Gasteiger partial charge < -0.3 is 4.57 Å². The van der Waals surface area contributed by atoms with Crippen molar-refractivity contribution in [2.75, 3.05) is 0 Å². The Hall–Kier alpha value is -6.30. The maximum Gasteiger partial charge on any atom is 0.165 e. The van der Waals surface area contributed by atoms with Crippen molar-refractivity contribution in [2.45, 2.75) is 0 Å². The average Bonchev–Trinajstić information content (AvgIpc) is 3.67. The fourth-order valence-corrected chi connectivity index (χ4v) is 9.09. The van der Waals surface area contributed by atoms with Crippen molar-refractivity contribution in [3.05, 3.63) is 158 Å². The molecule has 49 heavy (non-hydrogen) atoms. The molecule has 0 radical (unpaired) electrons. The molecule has 11 aromatic rings. The van der Waals surface area contributed by atoms with Crippen molar-refractivity contribution in [3.63, 3.8) is 0 Å². The normalized spacial score (nSPS) is 12.1. The van der Waals surface area contributed by atoms with Gasteiger partial charge in [0.1, 0.15) is 5.69 Å². The van der Waals surface area contributed by atoms with Crippen molar-refractivity contribution in [1.82, 2.24) is 19.1 Å². The summed E-state index contributed by atoms with van der Waals surface area (Å²) in [5.41, 5.74) is 9.37. The molecule has 0 saturated heterocycles. The molecule has 0 aliphatic rings. The Morgan fingerprint density at radius 2 is 1.00 bits per heavy atom. The molecule has 0 saturated carbocycles. The van der Waals surface area contributed by atoms with E-state index in [-0.39, 0.29) is 0 Å². The molecule has 0 bridgehead atoms. The molecule has 0 aliphatic carbocycles. The quantitative estimate of drug-likeness (QED) is 0.192. The molecule has 4 aromatic heterocycles. The molecule has 5 heteroatoms. The van der Waals surface area contributed by atoms with E-state index in [1.807, 2.05) is 23.5 Å². The van der Waals surface area contributed by atoms with Crippen molar-refractivity contribution < 1.29 is 0 Å². The molecule has 0 spiro atoms. The summed E-state index contributed by atoms with van der Waals surface area (Å²) in [6.07, 6.45) is 0. The maximum atomic E-state index is 5.47. The first kappa shape index (κ1) is 26.7. The Kier molecular flexibility index (Phi) is 5.51. The molecule has 0 fully saturated rings. The second kappa shape index (κ2) is 10.1. The lowest BCUT2D eigenvalue weighted by molar-refractivity contribution is 1.08. The highest BCUT2D eigenvalue weighted by atomic mass is 32.1. The zero-order valence-electron chi connectivity index (χ0n) is 26.2. The molecule has 228 valence electrons. The lowest BCUT2D eigenvalue weighted by Crippen LogP contribution is -2.04. The molecular formula is C44H26N4S. The molecule has 0 N–H and O–H groups in total. The molecule has 0 amide bonds. The fraction of sp³-hybridized carbons (Fsp3) is 0. The Balaban J connectivity index is 1.35. The van der Waals surface area contributed by atoms with Crippen LogP contribution in [0, 0.1) is 0 Å². The van der Waals surface area contributed by atoms with Crippen LogP contribution in [0.5, 0.6) is 0 Å². The highest BCUT2D eigenvalue weighted by molar-refractivity contribution is 7.26. The maximum absolute atomic E-state index is 5.47. The van der Waals surface area contributed by atoms with Crippen LogP contribution in [0.3, 0.4) is 0 Å². The van der Waals surface area contributed by atoms with Crippen molar-refractivity contribution in [1.29, 1.82) is 0 Å². The van der Waals surface area contributed by atoms with Gasteiger partial charge >= 0.3 is 0 Å². The van der Waals surface area contributed by atoms with E-state index in [4.69, 9.17) is 9.97 Å². The van der Waals surface area contributed by atoms with Crippen LogP contribution < -0.4 is 0 Å². The van der Waals surface area contributed by atoms with Gasteiger partial charge in [0.05, 0.1) is 33.1 Å². The zero-order chi connectivity index (χ0) is 32.1. The van der Waals surface area contributed by atoms with Gasteiger partial charge in [0.2, 0.25) is 0 Å². The van der Waals surface area contributed by atoms with Gasteiger partial charge in [0.25, 0.3) is 0 Å². The number of thiophene rings is 1. The van der Waals surface area contributed by atoms with E-state index < -0.39 is 0 Å². The Labute approximate surface area is 284 Å². The monoisotopic (exact) mass is 642 g/mol. The summed E-state index contributed by atoms with van der Waals surface area (Å²) in [6, 6.07) is 56.3. The SMILES string of the molecule is c1ccc(-n2c3ccccc3c3cccc4c3c3c2cccc3n4-c2nc3ccccc3nc2-c2cccc3c2sc2ccccc23)cc1. The topological polar surface area (TPSA) is 35.6 Å². The molecule has 11 rings (SSSR count). The Morgan fingerprint density at radius 1 is 0.408 bits per heavy atom. The summed E-state index contributed by atoms with van der Waals surface area (Å²) >= 11 is 1.83. The summed E-state index contributed by atoms with van der Waals surface area (Å²) in [5, 5.41) is 7.36. The highest BCUT2D eigenvalue weighted by Gasteiger charge is 2.24. The third-order valence-electron chi connectivity index (χ3n) is 9.91. The summed E-state index contributed by atoms with van der Waals surface area (Å²) in [4.78, 5) is 10.9. The molecule has 4 heterocycles. The van der Waals surface area contributed by atoms with Crippen LogP contribution in [0.1, 0.15) is 0 Å². The second-order valence-electron chi connectivity index (χ2n) is 12.6. The molecule has 0 unspecified atom stereocenters. The highest BCUT2D eigenvalue weighted by Crippen LogP contribution is 2.45. The largest absolute Gasteiger partial charge is 0.309 e. The smallest absolute Gasteiger partial charge is 0.165 e. The van der Waals surface area contributed by atoms with Crippen molar-refractivity contribution in [2.24, 2.45) is 0 Å². The van der Waals surface area contributed by atoms with Crippen molar-refractivity contribution in [3.8, 4) is 22.8 Å². The van der Waals surface area contributed by atoms with E-state index in [0.717, 1.165) is 50.3 Å². The second-order valence-corrected chi connectivity index (χ2v) is 13.6. The molecule has 0 aliphatic heterocycles. The van der Waals surface area contributed by atoms with Gasteiger partial charge in [0.15, 0.2) is 5.82 Å². The van der Waals surface area contributed by atoms with Gasteiger partial charge in [-0.3, -0.25) is 4.57 Å². The third-order valence-corrected chi connectivity index (χ3v) is 11.1. The number of benzene rings is 7. The number of fused-ring (bicyclic) bond motifs is 6. The van der Waals surface area contributed by atoms with E-state index in [1.54, 1.807) is 0 Å². The number of aromatic nitrogens is 4. The Morgan fingerprint density at radius 3 is 1.86 bits per heavy atom. The van der Waals surface area contributed by atoms with Crippen LogP contribution in [0.4, 0.5) is 0 Å². The molecule has 7 aromatic carbocycles. The number of hydrogen-bond acceptors (Lipinski definition) is 3. The van der Waals surface area contributed by atoms with Gasteiger partial charge in [-0.1, -0.05) is 103 Å². The summed E-state index contributed by atoms with van der Waals surface area (Å²) in [5.74, 6) is 0.832. The molecular weight excluding hydrogens is 617 g/mol. The van der Waals surface area contributed by atoms with Crippen LogP contribution in [-0.2, 0) is 0 Å². The van der Waals surface area contributed by atoms with Gasteiger partial charge in [0, 0.05) is 47.6 Å². The zero-order valence-corrected chi connectivity index (χ0v) is 27.0. The molecule has 4 nitrogen and oxygen atoms in total. The summed E-state index contributed by atoms with van der Waals surface area (Å²) in [6.45, 7) is 0. The van der Waals surface area contributed by atoms with E-state index >= 15 is 0 Å². The van der Waals surface area contributed by atoms with Crippen molar-refractivity contribution >= 4 is 86.2 Å². The first-order valence-electron chi connectivity index (χ1n) is 16.5. The summed E-state index contributed by atoms with van der Waals surface area (Å²) < 4.78 is 7.26. The fourth-order valence-electron chi connectivity index (χ4n) is 7.87. The lowest BCUT2D eigenvalue weighted by Gasteiger charge is -2.15. The number of para-hydroxylation sites is 4. The first-order valence-corrected chi connectivity index (χ1v) is 17.3. The van der Waals surface area contributed by atoms with Crippen LogP contribution in [0.25, 0.3) is 97.6 Å². The average molecular weight is 643 g/mol. The van der Waals surface area contributed by atoms with Gasteiger partial charge in [-0.25, -0.2) is 9.97 Å². The third kappa shape index (κ3) is 3.73. The van der Waals surface area contributed by atoms with Gasteiger partial charge in [-0.2, -0.15) is 0 Å². The lowest BCUT2D eigenvalue weighted by atomic mass is 10.1. The van der Waals surface area contributed by atoms with E-state index in [2.05, 4.69) is 155 Å². The molecule has 0 atom stereocenters. The number of nitrogens with zero attached hydrogens (tertiary/aromatic N) is 4. The minimum absolute atomic E-state index is 0.832. The van der Waals surface area contributed by atoms with Crippen LogP contribution in [-0.4, -0.2) is 19.1 Å². The van der Waals surface area contributed by atoms with E-state index in [0.29, 0.717) is 0 Å². The van der Waals surface area contributed by atoms with E-state index in [9.17, 15) is 0 Å². The van der Waals surface area contributed by atoms with E-state index in [1.165, 1.54) is 47.2 Å². The summed E-state index contributed by atoms with van der Waals surface area (Å²) in [7, 11) is 0. The predicted octanol–water partition coefficient (Wildman–Crippen LogP) is 11.9.